The number of aromatic nitrogens is 2. The van der Waals surface area contributed by atoms with Gasteiger partial charge in [0.2, 0.25) is 0 Å². The number of carbonyl (C=O) groups is 1. The van der Waals surface area contributed by atoms with Gasteiger partial charge in [0.1, 0.15) is 12.1 Å². The van der Waals surface area contributed by atoms with Crippen LogP contribution in [0.3, 0.4) is 0 Å². The molecule has 1 aliphatic heterocycles. The Balaban J connectivity index is 1.75. The first-order valence-corrected chi connectivity index (χ1v) is 12.1. The lowest BCUT2D eigenvalue weighted by molar-refractivity contribution is -0.114. The Hall–Kier alpha value is -3.31. The van der Waals surface area contributed by atoms with E-state index < -0.39 is 5.82 Å². The van der Waals surface area contributed by atoms with E-state index in [1.165, 1.54) is 12.4 Å². The molecule has 0 radical (unpaired) electrons. The second kappa shape index (κ2) is 11.2. The maximum atomic E-state index is 14.5. The number of benzene rings is 2. The van der Waals surface area contributed by atoms with Crippen LogP contribution >= 0.6 is 11.6 Å². The summed E-state index contributed by atoms with van der Waals surface area (Å²) in [6, 6.07) is 8.43. The molecule has 1 aliphatic rings. The van der Waals surface area contributed by atoms with Crippen LogP contribution in [-0.4, -0.2) is 54.5 Å². The third-order valence-corrected chi connectivity index (χ3v) is 6.21. The second-order valence-corrected chi connectivity index (χ2v) is 9.80. The Bertz CT molecular complexity index is 1370. The number of allylic oxidation sites excluding steroid dienone is 1. The zero-order chi connectivity index (χ0) is 25.7. The van der Waals surface area contributed by atoms with Crippen molar-refractivity contribution in [3.8, 4) is 11.8 Å². The Morgan fingerprint density at radius 3 is 2.92 bits per heavy atom. The van der Waals surface area contributed by atoms with Crippen molar-refractivity contribution < 1.29 is 13.9 Å². The summed E-state index contributed by atoms with van der Waals surface area (Å²) < 4.78 is 20.1. The predicted molar refractivity (Wildman–Crippen MR) is 141 cm³/mol. The monoisotopic (exact) mass is 506 g/mol. The summed E-state index contributed by atoms with van der Waals surface area (Å²) in [5.41, 5.74) is 2.07. The smallest absolute Gasteiger partial charge is 0.165 e. The number of nitrogens with zero attached hydrogens (tertiary/aromatic N) is 3. The molecular weight excluding hydrogens is 479 g/mol. The predicted octanol–water partition coefficient (Wildman–Crippen LogP) is 5.17. The largest absolute Gasteiger partial charge is 0.380 e. The van der Waals surface area contributed by atoms with Gasteiger partial charge in [-0.1, -0.05) is 35.6 Å². The zero-order valence-electron chi connectivity index (χ0n) is 20.6. The standard InChI is InChI=1S/C28H28ClFN4O2/c1-28(11-13-36-17-28)10-9-19-16-25-22(15-20(19)14-21(35)6-5-12-34(2)3)27(32-18-31-25)33-24-8-4-7-23(29)26(24)30/h4-8,15-16,18H,11-14,17H2,1-3H3,(H,31,32,33)/b6-5+. The molecule has 8 heteroatoms. The minimum absolute atomic E-state index is 0.0103. The summed E-state index contributed by atoms with van der Waals surface area (Å²) in [6.45, 7) is 4.01. The molecule has 1 saturated heterocycles. The SMILES string of the molecule is CN(C)C/C=C/C(=O)Cc1cc2c(Nc3cccc(Cl)c3F)ncnc2cc1C#CC1(C)CCOC1. The highest BCUT2D eigenvalue weighted by Crippen LogP contribution is 2.30. The minimum atomic E-state index is -0.568. The number of likely N-dealkylation sites (N-methyl/N-ethyl adjacent to an activating group) is 1. The lowest BCUT2D eigenvalue weighted by Crippen LogP contribution is -2.13. The van der Waals surface area contributed by atoms with E-state index in [4.69, 9.17) is 16.3 Å². The lowest BCUT2D eigenvalue weighted by atomic mass is 9.90. The van der Waals surface area contributed by atoms with Gasteiger partial charge in [0.25, 0.3) is 0 Å². The van der Waals surface area contributed by atoms with Crippen LogP contribution in [0.1, 0.15) is 24.5 Å². The summed E-state index contributed by atoms with van der Waals surface area (Å²) in [5, 5.41) is 3.68. The van der Waals surface area contributed by atoms with Crippen LogP contribution in [0.5, 0.6) is 0 Å². The van der Waals surface area contributed by atoms with E-state index in [2.05, 4.69) is 34.0 Å². The van der Waals surface area contributed by atoms with E-state index in [9.17, 15) is 9.18 Å². The van der Waals surface area contributed by atoms with E-state index in [1.54, 1.807) is 18.2 Å². The van der Waals surface area contributed by atoms with Gasteiger partial charge < -0.3 is 15.0 Å². The van der Waals surface area contributed by atoms with Crippen LogP contribution < -0.4 is 5.32 Å². The van der Waals surface area contributed by atoms with E-state index in [-0.39, 0.29) is 28.3 Å². The number of fused-ring (bicyclic) bond motifs is 1. The van der Waals surface area contributed by atoms with E-state index in [0.717, 1.165) is 17.5 Å². The summed E-state index contributed by atoms with van der Waals surface area (Å²) in [5.74, 6) is 6.43. The second-order valence-electron chi connectivity index (χ2n) is 9.40. The molecular formula is C28H28ClFN4O2. The molecule has 1 aromatic heterocycles. The highest BCUT2D eigenvalue weighted by atomic mass is 35.5. The number of hydrogen-bond acceptors (Lipinski definition) is 6. The molecule has 2 aromatic carbocycles. The third-order valence-electron chi connectivity index (χ3n) is 5.92. The number of ether oxygens (including phenoxy) is 1. The zero-order valence-corrected chi connectivity index (χ0v) is 21.3. The summed E-state index contributed by atoms with van der Waals surface area (Å²) in [4.78, 5) is 23.5. The fourth-order valence-corrected chi connectivity index (χ4v) is 4.04. The molecule has 2 heterocycles. The summed E-state index contributed by atoms with van der Waals surface area (Å²) in [6.07, 6.45) is 5.86. The third kappa shape index (κ3) is 6.27. The first-order chi connectivity index (χ1) is 17.2. The normalized spacial score (nSPS) is 17.5. The summed E-state index contributed by atoms with van der Waals surface area (Å²) in [7, 11) is 3.88. The van der Waals surface area contributed by atoms with Gasteiger partial charge in [0, 0.05) is 30.5 Å². The van der Waals surface area contributed by atoms with Gasteiger partial charge in [-0.25, -0.2) is 14.4 Å². The number of nitrogens with one attached hydrogen (secondary N) is 1. The Kier molecular flexibility index (Phi) is 8.00. The Morgan fingerprint density at radius 2 is 2.17 bits per heavy atom. The van der Waals surface area contributed by atoms with Crippen LogP contribution in [-0.2, 0) is 16.0 Å². The lowest BCUT2D eigenvalue weighted by Gasteiger charge is -2.14. The van der Waals surface area contributed by atoms with Gasteiger partial charge in [-0.15, -0.1) is 0 Å². The van der Waals surface area contributed by atoms with Crippen LogP contribution in [0, 0.1) is 23.1 Å². The fraction of sp³-hybridized carbons (Fsp3) is 0.321. The fourth-order valence-electron chi connectivity index (χ4n) is 3.86. The van der Waals surface area contributed by atoms with Crippen molar-refractivity contribution in [3.63, 3.8) is 0 Å². The number of hydrogen-bond donors (Lipinski definition) is 1. The van der Waals surface area contributed by atoms with Crippen LogP contribution in [0.2, 0.25) is 5.02 Å². The average molecular weight is 507 g/mol. The number of anilines is 2. The van der Waals surface area contributed by atoms with Crippen molar-refractivity contribution in [2.24, 2.45) is 5.41 Å². The van der Waals surface area contributed by atoms with Gasteiger partial charge in [-0.05, 0) is 63.3 Å². The van der Waals surface area contributed by atoms with Crippen LogP contribution in [0.4, 0.5) is 15.9 Å². The van der Waals surface area contributed by atoms with Crippen molar-refractivity contribution in [1.82, 2.24) is 14.9 Å². The minimum Gasteiger partial charge on any atom is -0.380 e. The van der Waals surface area contributed by atoms with E-state index in [0.29, 0.717) is 36.5 Å². The average Bonchev–Trinajstić information content (AvgIpc) is 3.27. The van der Waals surface area contributed by atoms with Gasteiger partial charge in [0.15, 0.2) is 11.6 Å². The topological polar surface area (TPSA) is 67.4 Å². The summed E-state index contributed by atoms with van der Waals surface area (Å²) >= 11 is 5.94. The van der Waals surface area contributed by atoms with Crippen LogP contribution in [0.25, 0.3) is 10.9 Å². The first kappa shape index (κ1) is 25.8. The molecule has 0 spiro atoms. The molecule has 0 bridgehead atoms. The van der Waals surface area contributed by atoms with Crippen molar-refractivity contribution in [2.45, 2.75) is 19.8 Å². The molecule has 36 heavy (non-hydrogen) atoms. The Labute approximate surface area is 215 Å². The number of carbonyl (C=O) groups excluding carboxylic acids is 1. The first-order valence-electron chi connectivity index (χ1n) is 11.7. The molecule has 1 atom stereocenters. The highest BCUT2D eigenvalue weighted by molar-refractivity contribution is 6.31. The van der Waals surface area contributed by atoms with Gasteiger partial charge in [-0.3, -0.25) is 4.79 Å². The molecule has 186 valence electrons. The van der Waals surface area contributed by atoms with Crippen molar-refractivity contribution >= 4 is 39.8 Å². The molecule has 6 nitrogen and oxygen atoms in total. The molecule has 0 saturated carbocycles. The van der Waals surface area contributed by atoms with Crippen molar-refractivity contribution in [1.29, 1.82) is 0 Å². The van der Waals surface area contributed by atoms with Gasteiger partial charge >= 0.3 is 0 Å². The number of rotatable bonds is 7. The number of halogens is 2. The maximum Gasteiger partial charge on any atom is 0.165 e. The van der Waals surface area contributed by atoms with Gasteiger partial charge in [0.05, 0.1) is 28.2 Å². The van der Waals surface area contributed by atoms with Crippen molar-refractivity contribution in [2.75, 3.05) is 39.2 Å². The molecule has 1 fully saturated rings. The number of ketones is 1. The molecule has 0 aliphatic carbocycles. The Morgan fingerprint density at radius 1 is 1.33 bits per heavy atom. The molecule has 0 amide bonds. The van der Waals surface area contributed by atoms with E-state index in [1.807, 2.05) is 37.2 Å². The molecule has 4 rings (SSSR count). The van der Waals surface area contributed by atoms with Crippen LogP contribution in [0.15, 0.2) is 48.8 Å². The molecule has 1 unspecified atom stereocenters. The molecule has 3 aromatic rings. The van der Waals surface area contributed by atoms with Crippen molar-refractivity contribution in [3.05, 3.63) is 70.8 Å². The van der Waals surface area contributed by atoms with Gasteiger partial charge in [-0.2, -0.15) is 0 Å². The highest BCUT2D eigenvalue weighted by Gasteiger charge is 2.27. The quantitative estimate of drug-likeness (QED) is 0.352. The van der Waals surface area contributed by atoms with E-state index >= 15 is 0 Å². The molecule has 1 N–H and O–H groups in total. The maximum absolute atomic E-state index is 14.5.